The van der Waals surface area contributed by atoms with Crippen LogP contribution in [-0.2, 0) is 4.74 Å². The molecule has 0 aromatic heterocycles. The van der Waals surface area contributed by atoms with Crippen LogP contribution in [0.5, 0.6) is 5.75 Å². The molecule has 0 unspecified atom stereocenters. The van der Waals surface area contributed by atoms with Gasteiger partial charge in [0, 0.05) is 7.11 Å². The van der Waals surface area contributed by atoms with Gasteiger partial charge >= 0.3 is 0 Å². The van der Waals surface area contributed by atoms with Gasteiger partial charge in [-0.25, -0.2) is 4.39 Å². The molecule has 3 N–H and O–H groups in total. The summed E-state index contributed by atoms with van der Waals surface area (Å²) in [5.41, 5.74) is 5.25. The van der Waals surface area contributed by atoms with E-state index in [1.54, 1.807) is 13.2 Å². The molecule has 0 radical (unpaired) electrons. The number of nitrogen functional groups attached to an aromatic ring is 1. The molecule has 0 atom stereocenters. The van der Waals surface area contributed by atoms with Crippen molar-refractivity contribution in [3.8, 4) is 5.75 Å². The topological polar surface area (TPSA) is 68.3 Å². The lowest BCUT2D eigenvalue weighted by Gasteiger charge is -2.10. The quantitative estimate of drug-likeness (QED) is 0.437. The van der Waals surface area contributed by atoms with E-state index in [9.17, 15) is 4.39 Å². The molecular formula is C10H13FN2O2. The van der Waals surface area contributed by atoms with Crippen molar-refractivity contribution in [2.75, 3.05) is 20.3 Å². The van der Waals surface area contributed by atoms with Gasteiger partial charge in [0.2, 0.25) is 0 Å². The third-order valence-electron chi connectivity index (χ3n) is 1.79. The van der Waals surface area contributed by atoms with Crippen molar-refractivity contribution in [2.24, 2.45) is 5.73 Å². The van der Waals surface area contributed by atoms with Gasteiger partial charge in [-0.2, -0.15) is 0 Å². The van der Waals surface area contributed by atoms with Crippen molar-refractivity contribution in [3.05, 3.63) is 29.6 Å². The Balaban J connectivity index is 2.86. The number of amidine groups is 1. The number of nitrogens with two attached hydrogens (primary N) is 1. The number of nitrogens with one attached hydrogen (secondary N) is 1. The third kappa shape index (κ3) is 2.92. The number of rotatable bonds is 5. The maximum absolute atomic E-state index is 13.3. The van der Waals surface area contributed by atoms with Crippen molar-refractivity contribution in [3.63, 3.8) is 0 Å². The molecule has 15 heavy (non-hydrogen) atoms. The predicted octanol–water partition coefficient (Wildman–Crippen LogP) is 1.13. The van der Waals surface area contributed by atoms with E-state index in [0.29, 0.717) is 13.2 Å². The highest BCUT2D eigenvalue weighted by atomic mass is 19.1. The van der Waals surface area contributed by atoms with E-state index in [1.807, 2.05) is 0 Å². The fourth-order valence-corrected chi connectivity index (χ4v) is 1.12. The zero-order valence-electron chi connectivity index (χ0n) is 8.42. The molecular weight excluding hydrogens is 199 g/mol. The average Bonchev–Trinajstić information content (AvgIpc) is 2.17. The molecule has 1 aromatic carbocycles. The summed E-state index contributed by atoms with van der Waals surface area (Å²) in [5, 5.41) is 7.22. The van der Waals surface area contributed by atoms with Gasteiger partial charge in [-0.3, -0.25) is 5.41 Å². The highest BCUT2D eigenvalue weighted by Gasteiger charge is 2.11. The molecule has 0 saturated carbocycles. The Labute approximate surface area is 87.3 Å². The smallest absolute Gasteiger partial charge is 0.137 e. The summed E-state index contributed by atoms with van der Waals surface area (Å²) >= 11 is 0. The summed E-state index contributed by atoms with van der Waals surface area (Å²) in [4.78, 5) is 0. The van der Waals surface area contributed by atoms with Gasteiger partial charge in [-0.05, 0) is 12.1 Å². The van der Waals surface area contributed by atoms with Crippen LogP contribution in [0.15, 0.2) is 18.2 Å². The van der Waals surface area contributed by atoms with E-state index >= 15 is 0 Å². The Bertz CT molecular complexity index is 355. The largest absolute Gasteiger partial charge is 0.490 e. The first kappa shape index (κ1) is 11.5. The summed E-state index contributed by atoms with van der Waals surface area (Å²) in [6.45, 7) is 0.689. The fourth-order valence-electron chi connectivity index (χ4n) is 1.12. The normalized spacial score (nSPS) is 10.0. The van der Waals surface area contributed by atoms with Gasteiger partial charge in [0.1, 0.15) is 24.0 Å². The Hall–Kier alpha value is -1.62. The first-order valence-electron chi connectivity index (χ1n) is 4.41. The van der Waals surface area contributed by atoms with Crippen molar-refractivity contribution in [1.82, 2.24) is 0 Å². The number of benzene rings is 1. The standard InChI is InChI=1S/C10H13FN2O2/c1-14-5-6-15-8-4-2-3-7(11)9(8)10(12)13/h2-4H,5-6H2,1H3,(H3,12,13). The highest BCUT2D eigenvalue weighted by molar-refractivity contribution is 5.97. The number of hydrogen-bond donors (Lipinski definition) is 2. The third-order valence-corrected chi connectivity index (χ3v) is 1.79. The van der Waals surface area contributed by atoms with Crippen molar-refractivity contribution in [2.45, 2.75) is 0 Å². The number of methoxy groups -OCH3 is 1. The second-order valence-corrected chi connectivity index (χ2v) is 2.87. The van der Waals surface area contributed by atoms with Crippen LogP contribution in [0.4, 0.5) is 4.39 Å². The molecule has 0 saturated heterocycles. The van der Waals surface area contributed by atoms with Gasteiger partial charge < -0.3 is 15.2 Å². The van der Waals surface area contributed by atoms with Gasteiger partial charge in [0.15, 0.2) is 0 Å². The van der Waals surface area contributed by atoms with Crippen LogP contribution in [-0.4, -0.2) is 26.2 Å². The predicted molar refractivity (Wildman–Crippen MR) is 54.8 cm³/mol. The van der Waals surface area contributed by atoms with Crippen LogP contribution < -0.4 is 10.5 Å². The lowest BCUT2D eigenvalue weighted by atomic mass is 10.1. The highest BCUT2D eigenvalue weighted by Crippen LogP contribution is 2.20. The van der Waals surface area contributed by atoms with Crippen LogP contribution in [0.25, 0.3) is 0 Å². The lowest BCUT2D eigenvalue weighted by molar-refractivity contribution is 0.146. The van der Waals surface area contributed by atoms with Crippen LogP contribution in [0.3, 0.4) is 0 Å². The van der Waals surface area contributed by atoms with Gasteiger partial charge in [0.25, 0.3) is 0 Å². The summed E-state index contributed by atoms with van der Waals surface area (Å²) in [6, 6.07) is 4.30. The SMILES string of the molecule is COCCOc1cccc(F)c1C(=N)N. The fraction of sp³-hybridized carbons (Fsp3) is 0.300. The molecule has 82 valence electrons. The molecule has 0 spiro atoms. The number of ether oxygens (including phenoxy) is 2. The molecule has 0 aliphatic heterocycles. The van der Waals surface area contributed by atoms with E-state index in [1.165, 1.54) is 12.1 Å². The Morgan fingerprint density at radius 3 is 2.80 bits per heavy atom. The van der Waals surface area contributed by atoms with Gasteiger partial charge in [-0.15, -0.1) is 0 Å². The molecule has 0 amide bonds. The minimum atomic E-state index is -0.558. The maximum atomic E-state index is 13.3. The van der Waals surface area contributed by atoms with Crippen LogP contribution in [0.2, 0.25) is 0 Å². The average molecular weight is 212 g/mol. The molecule has 0 aliphatic carbocycles. The van der Waals surface area contributed by atoms with Crippen LogP contribution in [0, 0.1) is 11.2 Å². The van der Waals surface area contributed by atoms with Crippen LogP contribution in [0.1, 0.15) is 5.56 Å². The molecule has 0 bridgehead atoms. The summed E-state index contributed by atoms with van der Waals surface area (Å²) < 4.78 is 23.3. The first-order valence-corrected chi connectivity index (χ1v) is 4.41. The second kappa shape index (κ2) is 5.31. The van der Waals surface area contributed by atoms with E-state index in [-0.39, 0.29) is 17.1 Å². The Kier molecular flexibility index (Phi) is 4.05. The summed E-state index contributed by atoms with van der Waals surface area (Å²) in [7, 11) is 1.54. The summed E-state index contributed by atoms with van der Waals surface area (Å²) in [5.74, 6) is -0.641. The lowest BCUT2D eigenvalue weighted by Crippen LogP contribution is -2.16. The monoisotopic (exact) mass is 212 g/mol. The molecule has 1 aromatic rings. The summed E-state index contributed by atoms with van der Waals surface area (Å²) in [6.07, 6.45) is 0. The molecule has 5 heteroatoms. The molecule has 0 aliphatic rings. The van der Waals surface area contributed by atoms with E-state index in [0.717, 1.165) is 0 Å². The molecule has 0 fully saturated rings. The first-order chi connectivity index (χ1) is 7.16. The van der Waals surface area contributed by atoms with Gasteiger partial charge in [-0.1, -0.05) is 6.07 Å². The number of halogens is 1. The van der Waals surface area contributed by atoms with Gasteiger partial charge in [0.05, 0.1) is 12.2 Å². The van der Waals surface area contributed by atoms with Crippen LogP contribution >= 0.6 is 0 Å². The van der Waals surface area contributed by atoms with Crippen molar-refractivity contribution < 1.29 is 13.9 Å². The van der Waals surface area contributed by atoms with E-state index in [2.05, 4.69) is 0 Å². The molecule has 0 heterocycles. The number of hydrogen-bond acceptors (Lipinski definition) is 3. The van der Waals surface area contributed by atoms with E-state index in [4.69, 9.17) is 20.6 Å². The zero-order valence-corrected chi connectivity index (χ0v) is 8.42. The molecule has 4 nitrogen and oxygen atoms in total. The Morgan fingerprint density at radius 2 is 2.20 bits per heavy atom. The van der Waals surface area contributed by atoms with E-state index < -0.39 is 5.82 Å². The Morgan fingerprint density at radius 1 is 1.47 bits per heavy atom. The van der Waals surface area contributed by atoms with Crippen molar-refractivity contribution in [1.29, 1.82) is 5.41 Å². The molecule has 1 rings (SSSR count). The zero-order chi connectivity index (χ0) is 11.3. The second-order valence-electron chi connectivity index (χ2n) is 2.87. The van der Waals surface area contributed by atoms with Crippen molar-refractivity contribution >= 4 is 5.84 Å². The minimum absolute atomic E-state index is 0.00592. The minimum Gasteiger partial charge on any atom is -0.490 e. The maximum Gasteiger partial charge on any atom is 0.137 e.